The van der Waals surface area contributed by atoms with Crippen molar-refractivity contribution in [3.8, 4) is 11.5 Å². The molecule has 138 valence electrons. The van der Waals surface area contributed by atoms with Gasteiger partial charge in [0.1, 0.15) is 17.2 Å². The second-order valence-electron chi connectivity index (χ2n) is 5.39. The minimum absolute atomic E-state index is 0.185. The first-order chi connectivity index (χ1) is 13.1. The summed E-state index contributed by atoms with van der Waals surface area (Å²) in [7, 11) is 3.07. The topological polar surface area (TPSA) is 85.4 Å². The maximum absolute atomic E-state index is 12.6. The van der Waals surface area contributed by atoms with E-state index >= 15 is 0 Å². The zero-order valence-electron chi connectivity index (χ0n) is 14.7. The predicted molar refractivity (Wildman–Crippen MR) is 104 cm³/mol. The molecule has 2 N–H and O–H groups in total. The monoisotopic (exact) mass is 384 g/mol. The third kappa shape index (κ3) is 4.45. The Hall–Kier alpha value is -3.32. The normalized spacial score (nSPS) is 10.2. The fourth-order valence-electron chi connectivity index (χ4n) is 2.33. The van der Waals surface area contributed by atoms with Gasteiger partial charge in [0, 0.05) is 12.3 Å². The zero-order valence-corrected chi connectivity index (χ0v) is 15.4. The van der Waals surface area contributed by atoms with Crippen molar-refractivity contribution in [3.63, 3.8) is 0 Å². The Morgan fingerprint density at radius 2 is 1.85 bits per heavy atom. The molecule has 0 aliphatic rings. The number of hydrogen-bond donors (Lipinski definition) is 2. The Morgan fingerprint density at radius 1 is 1.04 bits per heavy atom. The van der Waals surface area contributed by atoms with Gasteiger partial charge < -0.3 is 20.1 Å². The molecule has 7 nitrogen and oxygen atoms in total. The number of benzene rings is 2. The molecule has 0 saturated heterocycles. The number of nitrogens with one attached hydrogen (secondary N) is 2. The van der Waals surface area contributed by atoms with E-state index in [1.54, 1.807) is 37.4 Å². The first-order valence-electron chi connectivity index (χ1n) is 7.98. The van der Waals surface area contributed by atoms with Crippen LogP contribution in [0.25, 0.3) is 0 Å². The number of ether oxygens (including phenoxy) is 2. The van der Waals surface area contributed by atoms with Crippen LogP contribution in [0.2, 0.25) is 5.02 Å². The Kier molecular flexibility index (Phi) is 5.73. The van der Waals surface area contributed by atoms with Crippen LogP contribution in [-0.4, -0.2) is 30.1 Å². The molecule has 0 radical (unpaired) electrons. The number of carbonyl (C=O) groups excluding carboxylic acids is 1. The number of aromatic nitrogens is 2. The summed E-state index contributed by atoms with van der Waals surface area (Å²) in [5.74, 6) is 0.946. The molecule has 0 saturated carbocycles. The summed E-state index contributed by atoms with van der Waals surface area (Å²) in [5.41, 5.74) is 1.30. The summed E-state index contributed by atoms with van der Waals surface area (Å²) in [6.07, 6.45) is 1.49. The molecule has 0 aliphatic carbocycles. The van der Waals surface area contributed by atoms with Gasteiger partial charge in [-0.1, -0.05) is 23.7 Å². The van der Waals surface area contributed by atoms with E-state index < -0.39 is 5.91 Å². The minimum Gasteiger partial charge on any atom is -0.497 e. The van der Waals surface area contributed by atoms with Gasteiger partial charge in [-0.05, 0) is 30.3 Å². The van der Waals surface area contributed by atoms with E-state index in [-0.39, 0.29) is 11.6 Å². The molecule has 8 heteroatoms. The number of nitrogens with zero attached hydrogens (tertiary/aromatic N) is 2. The van der Waals surface area contributed by atoms with E-state index in [0.29, 0.717) is 27.9 Å². The van der Waals surface area contributed by atoms with Crippen molar-refractivity contribution in [1.82, 2.24) is 9.97 Å². The second kappa shape index (κ2) is 8.37. The van der Waals surface area contributed by atoms with Gasteiger partial charge in [0.25, 0.3) is 5.91 Å². The Bertz CT molecular complexity index is 965. The van der Waals surface area contributed by atoms with Gasteiger partial charge in [-0.15, -0.1) is 0 Å². The smallest absolute Gasteiger partial charge is 0.274 e. The molecule has 0 fully saturated rings. The molecule has 3 rings (SSSR count). The van der Waals surface area contributed by atoms with Crippen molar-refractivity contribution >= 4 is 34.8 Å². The maximum atomic E-state index is 12.6. The van der Waals surface area contributed by atoms with E-state index in [0.717, 1.165) is 0 Å². The largest absolute Gasteiger partial charge is 0.497 e. The highest BCUT2D eigenvalue weighted by molar-refractivity contribution is 6.33. The van der Waals surface area contributed by atoms with Gasteiger partial charge in [-0.2, -0.15) is 0 Å². The fourth-order valence-corrected chi connectivity index (χ4v) is 2.51. The van der Waals surface area contributed by atoms with Crippen LogP contribution in [-0.2, 0) is 0 Å². The predicted octanol–water partition coefficient (Wildman–Crippen LogP) is 4.14. The molecule has 0 bridgehead atoms. The van der Waals surface area contributed by atoms with Crippen LogP contribution in [0.4, 0.5) is 17.3 Å². The highest BCUT2D eigenvalue weighted by Gasteiger charge is 2.13. The van der Waals surface area contributed by atoms with E-state index in [1.165, 1.54) is 19.4 Å². The Balaban J connectivity index is 1.81. The third-order valence-electron chi connectivity index (χ3n) is 3.66. The molecule has 0 unspecified atom stereocenters. The van der Waals surface area contributed by atoms with Crippen molar-refractivity contribution in [1.29, 1.82) is 0 Å². The quantitative estimate of drug-likeness (QED) is 0.664. The standard InChI is InChI=1S/C19H17ClN4O3/c1-26-12-7-8-17(27-2)16(11-12)22-18(25)15-9-10-21-19(24-15)23-14-6-4-3-5-13(14)20/h3-11H,1-2H3,(H,22,25)(H,21,23,24). The highest BCUT2D eigenvalue weighted by atomic mass is 35.5. The summed E-state index contributed by atoms with van der Waals surface area (Å²) < 4.78 is 10.5. The van der Waals surface area contributed by atoms with E-state index in [1.807, 2.05) is 12.1 Å². The summed E-state index contributed by atoms with van der Waals surface area (Å²) in [6.45, 7) is 0. The minimum atomic E-state index is -0.411. The van der Waals surface area contributed by atoms with Gasteiger partial charge in [0.15, 0.2) is 0 Å². The van der Waals surface area contributed by atoms with Crippen LogP contribution < -0.4 is 20.1 Å². The van der Waals surface area contributed by atoms with Crippen LogP contribution >= 0.6 is 11.6 Å². The van der Waals surface area contributed by atoms with E-state index in [2.05, 4.69) is 20.6 Å². The molecular weight excluding hydrogens is 368 g/mol. The van der Waals surface area contributed by atoms with Gasteiger partial charge in [-0.25, -0.2) is 9.97 Å². The van der Waals surface area contributed by atoms with Crippen molar-refractivity contribution in [2.24, 2.45) is 0 Å². The van der Waals surface area contributed by atoms with Gasteiger partial charge in [0.05, 0.1) is 30.6 Å². The molecule has 0 aliphatic heterocycles. The second-order valence-corrected chi connectivity index (χ2v) is 5.80. The average molecular weight is 385 g/mol. The third-order valence-corrected chi connectivity index (χ3v) is 3.99. The van der Waals surface area contributed by atoms with Crippen LogP contribution in [0.1, 0.15) is 10.5 Å². The average Bonchev–Trinajstić information content (AvgIpc) is 2.70. The lowest BCUT2D eigenvalue weighted by atomic mass is 10.2. The molecular formula is C19H17ClN4O3. The molecule has 27 heavy (non-hydrogen) atoms. The number of carbonyl (C=O) groups is 1. The van der Waals surface area contributed by atoms with Crippen molar-refractivity contribution < 1.29 is 14.3 Å². The van der Waals surface area contributed by atoms with E-state index in [4.69, 9.17) is 21.1 Å². The molecule has 2 aromatic carbocycles. The summed E-state index contributed by atoms with van der Waals surface area (Å²) in [4.78, 5) is 21.0. The van der Waals surface area contributed by atoms with Gasteiger partial charge in [-0.3, -0.25) is 4.79 Å². The van der Waals surface area contributed by atoms with Gasteiger partial charge >= 0.3 is 0 Å². The van der Waals surface area contributed by atoms with Crippen LogP contribution in [0.3, 0.4) is 0 Å². The summed E-state index contributed by atoms with van der Waals surface area (Å²) in [5, 5.41) is 6.29. The van der Waals surface area contributed by atoms with Gasteiger partial charge in [0.2, 0.25) is 5.95 Å². The molecule has 0 atom stereocenters. The van der Waals surface area contributed by atoms with Crippen LogP contribution in [0, 0.1) is 0 Å². The number of para-hydroxylation sites is 1. The first kappa shape index (κ1) is 18.5. The van der Waals surface area contributed by atoms with Crippen LogP contribution in [0.5, 0.6) is 11.5 Å². The van der Waals surface area contributed by atoms with E-state index in [9.17, 15) is 4.79 Å². The lowest BCUT2D eigenvalue weighted by Crippen LogP contribution is -2.15. The number of amides is 1. The Morgan fingerprint density at radius 3 is 2.59 bits per heavy atom. The number of methoxy groups -OCH3 is 2. The molecule has 0 spiro atoms. The molecule has 1 aromatic heterocycles. The zero-order chi connectivity index (χ0) is 19.2. The lowest BCUT2D eigenvalue weighted by molar-refractivity contribution is 0.102. The Labute approximate surface area is 161 Å². The van der Waals surface area contributed by atoms with Crippen LogP contribution in [0.15, 0.2) is 54.7 Å². The first-order valence-corrected chi connectivity index (χ1v) is 8.36. The lowest BCUT2D eigenvalue weighted by Gasteiger charge is -2.12. The molecule has 1 heterocycles. The SMILES string of the molecule is COc1ccc(OC)c(NC(=O)c2ccnc(Nc3ccccc3Cl)n2)c1. The number of anilines is 3. The summed E-state index contributed by atoms with van der Waals surface area (Å²) in [6, 6.07) is 13.8. The number of hydrogen-bond acceptors (Lipinski definition) is 6. The summed E-state index contributed by atoms with van der Waals surface area (Å²) >= 11 is 6.12. The maximum Gasteiger partial charge on any atom is 0.274 e. The number of halogens is 1. The molecule has 1 amide bonds. The van der Waals surface area contributed by atoms with Crippen molar-refractivity contribution in [2.75, 3.05) is 24.9 Å². The highest BCUT2D eigenvalue weighted by Crippen LogP contribution is 2.29. The van der Waals surface area contributed by atoms with Crippen molar-refractivity contribution in [3.05, 3.63) is 65.4 Å². The van der Waals surface area contributed by atoms with Crippen molar-refractivity contribution in [2.45, 2.75) is 0 Å². The number of rotatable bonds is 6. The molecule has 3 aromatic rings. The fraction of sp³-hybridized carbons (Fsp3) is 0.105.